The van der Waals surface area contributed by atoms with Gasteiger partial charge in [0.25, 0.3) is 5.91 Å². The molecule has 15 heavy (non-hydrogen) atoms. The first-order chi connectivity index (χ1) is 7.13. The summed E-state index contributed by atoms with van der Waals surface area (Å²) in [4.78, 5) is 11.2. The van der Waals surface area contributed by atoms with E-state index in [0.717, 1.165) is 0 Å². The molecule has 1 aliphatic rings. The van der Waals surface area contributed by atoms with E-state index in [2.05, 4.69) is 10.6 Å². The van der Waals surface area contributed by atoms with Crippen molar-refractivity contribution in [2.24, 2.45) is 0 Å². The molecule has 1 unspecified atom stereocenters. The van der Waals surface area contributed by atoms with Gasteiger partial charge < -0.3 is 24.3 Å². The van der Waals surface area contributed by atoms with Crippen molar-refractivity contribution in [3.05, 3.63) is 0 Å². The van der Waals surface area contributed by atoms with Crippen molar-refractivity contribution in [3.63, 3.8) is 0 Å². The highest BCUT2D eigenvalue weighted by Gasteiger charge is 2.52. The number of rotatable bonds is 5. The molecule has 7 nitrogen and oxygen atoms in total. The lowest BCUT2D eigenvalue weighted by Gasteiger charge is -2.33. The Labute approximate surface area is 88.0 Å². The number of urea groups is 1. The molecule has 88 valence electrons. The largest absolute Gasteiger partial charge is 0.353 e. The van der Waals surface area contributed by atoms with Crippen LogP contribution in [0.3, 0.4) is 0 Å². The van der Waals surface area contributed by atoms with E-state index in [9.17, 15) is 4.79 Å². The van der Waals surface area contributed by atoms with Gasteiger partial charge in [-0.05, 0) is 0 Å². The van der Waals surface area contributed by atoms with Crippen molar-refractivity contribution in [2.45, 2.75) is 18.2 Å². The van der Waals surface area contributed by atoms with Crippen LogP contribution in [0.4, 0.5) is 4.79 Å². The van der Waals surface area contributed by atoms with E-state index in [1.807, 2.05) is 0 Å². The van der Waals surface area contributed by atoms with Crippen molar-refractivity contribution in [1.29, 1.82) is 0 Å². The summed E-state index contributed by atoms with van der Waals surface area (Å²) in [5.41, 5.74) is 0. The predicted octanol–water partition coefficient (Wildman–Crippen LogP) is -0.767. The van der Waals surface area contributed by atoms with E-state index in [1.165, 1.54) is 28.4 Å². The highest BCUT2D eigenvalue weighted by atomic mass is 16.7. The van der Waals surface area contributed by atoms with Crippen LogP contribution in [0.2, 0.25) is 0 Å². The second-order valence-electron chi connectivity index (χ2n) is 2.99. The SMILES string of the molecule is COC(OC)C1NC(=O)NC1(OC)OC. The van der Waals surface area contributed by atoms with Crippen molar-refractivity contribution in [2.75, 3.05) is 28.4 Å². The topological polar surface area (TPSA) is 78.1 Å². The fourth-order valence-corrected chi connectivity index (χ4v) is 1.56. The Morgan fingerprint density at radius 1 is 1.20 bits per heavy atom. The van der Waals surface area contributed by atoms with Crippen LogP contribution in [0.5, 0.6) is 0 Å². The first kappa shape index (κ1) is 12.2. The molecule has 2 amide bonds. The molecule has 0 radical (unpaired) electrons. The minimum absolute atomic E-state index is 0.400. The highest BCUT2D eigenvalue weighted by molar-refractivity contribution is 5.77. The van der Waals surface area contributed by atoms with Crippen LogP contribution in [0.1, 0.15) is 0 Å². The maximum atomic E-state index is 11.2. The molecule has 0 aromatic carbocycles. The minimum Gasteiger partial charge on any atom is -0.353 e. The van der Waals surface area contributed by atoms with Crippen molar-refractivity contribution < 1.29 is 23.7 Å². The lowest BCUT2D eigenvalue weighted by atomic mass is 10.2. The molecule has 1 aliphatic heterocycles. The molecule has 0 saturated carbocycles. The highest BCUT2D eigenvalue weighted by Crippen LogP contribution is 2.22. The van der Waals surface area contributed by atoms with Gasteiger partial charge in [-0.15, -0.1) is 0 Å². The third kappa shape index (κ3) is 2.05. The van der Waals surface area contributed by atoms with Crippen LogP contribution in [-0.2, 0) is 18.9 Å². The molecule has 2 N–H and O–H groups in total. The van der Waals surface area contributed by atoms with Gasteiger partial charge in [-0.2, -0.15) is 0 Å². The molecule has 1 rings (SSSR count). The lowest BCUT2D eigenvalue weighted by Crippen LogP contribution is -2.58. The van der Waals surface area contributed by atoms with Crippen LogP contribution in [0, 0.1) is 0 Å². The van der Waals surface area contributed by atoms with Gasteiger partial charge in [-0.25, -0.2) is 4.79 Å². The fraction of sp³-hybridized carbons (Fsp3) is 0.875. The summed E-state index contributed by atoms with van der Waals surface area (Å²) in [5, 5.41) is 5.11. The Balaban J connectivity index is 2.88. The molecule has 1 heterocycles. The monoisotopic (exact) mass is 220 g/mol. The molecule has 0 aliphatic carbocycles. The number of hydrogen-bond acceptors (Lipinski definition) is 5. The van der Waals surface area contributed by atoms with Gasteiger partial charge in [0.05, 0.1) is 0 Å². The summed E-state index contributed by atoms with van der Waals surface area (Å²) in [6.45, 7) is 0. The number of nitrogens with one attached hydrogen (secondary N) is 2. The van der Waals surface area contributed by atoms with Gasteiger partial charge in [0.1, 0.15) is 0 Å². The first-order valence-electron chi connectivity index (χ1n) is 4.38. The van der Waals surface area contributed by atoms with Gasteiger partial charge >= 0.3 is 6.03 Å². The summed E-state index contributed by atoms with van der Waals surface area (Å²) in [7, 11) is 5.78. The Hall–Kier alpha value is -0.890. The molecule has 0 aromatic heterocycles. The fourth-order valence-electron chi connectivity index (χ4n) is 1.56. The third-order valence-corrected chi connectivity index (χ3v) is 2.33. The minimum atomic E-state index is -1.27. The molecular weight excluding hydrogens is 204 g/mol. The summed E-state index contributed by atoms with van der Waals surface area (Å²) in [6, 6.07) is -0.988. The van der Waals surface area contributed by atoms with E-state index >= 15 is 0 Å². The predicted molar refractivity (Wildman–Crippen MR) is 50.0 cm³/mol. The second kappa shape index (κ2) is 4.75. The van der Waals surface area contributed by atoms with Gasteiger partial charge in [-0.3, -0.25) is 5.32 Å². The maximum absolute atomic E-state index is 11.2. The molecule has 7 heteroatoms. The molecule has 0 aromatic rings. The van der Waals surface area contributed by atoms with Crippen molar-refractivity contribution in [3.8, 4) is 0 Å². The van der Waals surface area contributed by atoms with E-state index < -0.39 is 24.3 Å². The van der Waals surface area contributed by atoms with E-state index in [-0.39, 0.29) is 0 Å². The van der Waals surface area contributed by atoms with E-state index in [0.29, 0.717) is 0 Å². The summed E-state index contributed by atoms with van der Waals surface area (Å²) in [5.74, 6) is -1.27. The van der Waals surface area contributed by atoms with Gasteiger partial charge in [-0.1, -0.05) is 0 Å². The number of hydrogen-bond donors (Lipinski definition) is 2. The number of carbonyl (C=O) groups is 1. The smallest absolute Gasteiger partial charge is 0.319 e. The van der Waals surface area contributed by atoms with E-state index in [4.69, 9.17) is 18.9 Å². The zero-order valence-electron chi connectivity index (χ0n) is 9.20. The zero-order chi connectivity index (χ0) is 11.5. The molecule has 1 saturated heterocycles. The standard InChI is InChI=1S/C8H16N2O5/c1-12-6(13-2)5-8(14-3,15-4)10-7(11)9-5/h5-6H,1-4H3,(H2,9,10,11). The van der Waals surface area contributed by atoms with Crippen LogP contribution in [0.25, 0.3) is 0 Å². The first-order valence-corrected chi connectivity index (χ1v) is 4.38. The van der Waals surface area contributed by atoms with Crippen molar-refractivity contribution >= 4 is 6.03 Å². The Morgan fingerprint density at radius 3 is 2.13 bits per heavy atom. The molecular formula is C8H16N2O5. The number of amides is 2. The van der Waals surface area contributed by atoms with Gasteiger partial charge in [0, 0.05) is 28.4 Å². The Kier molecular flexibility index (Phi) is 3.86. The quantitative estimate of drug-likeness (QED) is 0.595. The number of methoxy groups -OCH3 is 4. The second-order valence-corrected chi connectivity index (χ2v) is 2.99. The average molecular weight is 220 g/mol. The lowest BCUT2D eigenvalue weighted by molar-refractivity contribution is -0.264. The molecule has 1 fully saturated rings. The maximum Gasteiger partial charge on any atom is 0.319 e. The average Bonchev–Trinajstić information content (AvgIpc) is 2.58. The Bertz CT molecular complexity index is 227. The van der Waals surface area contributed by atoms with E-state index in [1.54, 1.807) is 0 Å². The molecule has 0 spiro atoms. The number of ether oxygens (including phenoxy) is 4. The van der Waals surface area contributed by atoms with Gasteiger partial charge in [0.2, 0.25) is 0 Å². The zero-order valence-corrected chi connectivity index (χ0v) is 9.20. The van der Waals surface area contributed by atoms with Crippen LogP contribution < -0.4 is 10.6 Å². The van der Waals surface area contributed by atoms with Crippen LogP contribution in [-0.4, -0.2) is 52.7 Å². The molecule has 1 atom stereocenters. The van der Waals surface area contributed by atoms with Crippen molar-refractivity contribution in [1.82, 2.24) is 10.6 Å². The molecule has 0 bridgehead atoms. The number of carbonyl (C=O) groups excluding carboxylic acids is 1. The normalized spacial score (nSPS) is 24.1. The van der Waals surface area contributed by atoms with Gasteiger partial charge in [0.15, 0.2) is 12.3 Å². The van der Waals surface area contributed by atoms with Crippen LogP contribution in [0.15, 0.2) is 0 Å². The Morgan fingerprint density at radius 2 is 1.73 bits per heavy atom. The summed E-state index contributed by atoms with van der Waals surface area (Å²) < 4.78 is 20.4. The third-order valence-electron chi connectivity index (χ3n) is 2.33. The van der Waals surface area contributed by atoms with Crippen LogP contribution >= 0.6 is 0 Å². The summed E-state index contributed by atoms with van der Waals surface area (Å²) in [6.07, 6.45) is -0.663. The summed E-state index contributed by atoms with van der Waals surface area (Å²) >= 11 is 0.